The predicted molar refractivity (Wildman–Crippen MR) is 146 cm³/mol. The van der Waals surface area contributed by atoms with Crippen molar-refractivity contribution in [2.24, 2.45) is 5.92 Å². The maximum atomic E-state index is 12.6. The van der Waals surface area contributed by atoms with Crippen LogP contribution in [0.25, 0.3) is 22.5 Å². The summed E-state index contributed by atoms with van der Waals surface area (Å²) in [5, 5.41) is 6.74. The molecule has 1 atom stereocenters. The molecule has 8 nitrogen and oxygen atoms in total. The van der Waals surface area contributed by atoms with E-state index in [1.807, 2.05) is 25.3 Å². The molecule has 37 heavy (non-hydrogen) atoms. The lowest BCUT2D eigenvalue weighted by molar-refractivity contribution is 0.0950. The Labute approximate surface area is 218 Å². The lowest BCUT2D eigenvalue weighted by Gasteiger charge is -2.17. The summed E-state index contributed by atoms with van der Waals surface area (Å²) in [6, 6.07) is 6.39. The van der Waals surface area contributed by atoms with E-state index in [0.717, 1.165) is 78.4 Å². The Morgan fingerprint density at radius 3 is 2.86 bits per heavy atom. The van der Waals surface area contributed by atoms with Crippen molar-refractivity contribution >= 4 is 22.9 Å². The third-order valence-electron chi connectivity index (χ3n) is 7.84. The highest BCUT2D eigenvalue weighted by molar-refractivity contribution is 5.96. The number of carbonyl (C=O) groups excluding carboxylic acids is 1. The van der Waals surface area contributed by atoms with E-state index in [4.69, 9.17) is 14.7 Å². The van der Waals surface area contributed by atoms with Gasteiger partial charge in [-0.25, -0.2) is 9.97 Å². The zero-order valence-electron chi connectivity index (χ0n) is 21.8. The molecule has 1 aliphatic carbocycles. The van der Waals surface area contributed by atoms with Crippen molar-refractivity contribution in [2.45, 2.75) is 45.6 Å². The van der Waals surface area contributed by atoms with E-state index in [1.54, 1.807) is 0 Å². The van der Waals surface area contributed by atoms with Gasteiger partial charge < -0.3 is 20.3 Å². The van der Waals surface area contributed by atoms with E-state index in [1.165, 1.54) is 18.5 Å². The quantitative estimate of drug-likeness (QED) is 0.483. The number of imidazole rings is 1. The molecule has 1 saturated carbocycles. The molecule has 1 amide bonds. The van der Waals surface area contributed by atoms with Crippen LogP contribution in [-0.2, 0) is 4.74 Å². The molecule has 0 radical (unpaired) electrons. The molecule has 1 aromatic carbocycles. The topological polar surface area (TPSA) is 83.8 Å². The predicted octanol–water partition coefficient (Wildman–Crippen LogP) is 4.15. The minimum atomic E-state index is 0.0164. The first-order valence-electron chi connectivity index (χ1n) is 13.6. The molecule has 3 aromatic rings. The molecule has 6 rings (SSSR count). The van der Waals surface area contributed by atoms with Crippen molar-refractivity contribution in [1.82, 2.24) is 24.6 Å². The molecule has 1 saturated heterocycles. The second kappa shape index (κ2) is 10.3. The van der Waals surface area contributed by atoms with Crippen molar-refractivity contribution in [3.05, 3.63) is 53.5 Å². The van der Waals surface area contributed by atoms with E-state index in [2.05, 4.69) is 45.2 Å². The van der Waals surface area contributed by atoms with Crippen LogP contribution in [0.3, 0.4) is 0 Å². The van der Waals surface area contributed by atoms with Gasteiger partial charge in [0.25, 0.3) is 5.91 Å². The Bertz CT molecular complexity index is 1340. The van der Waals surface area contributed by atoms with Crippen LogP contribution >= 0.6 is 0 Å². The molecule has 2 aliphatic heterocycles. The molecule has 2 fully saturated rings. The number of benzene rings is 1. The molecule has 4 heterocycles. The number of rotatable bonds is 8. The highest BCUT2D eigenvalue weighted by atomic mass is 16.5. The first-order chi connectivity index (χ1) is 18.1. The fourth-order valence-electron chi connectivity index (χ4n) is 5.41. The first kappa shape index (κ1) is 24.1. The Morgan fingerprint density at radius 1 is 1.24 bits per heavy atom. The standard InChI is InChI=1S/C29H36N6O2/c1-3-34-11-8-20(17-34)15-30-27-28-31-16-26(35(28)18-25(33-27)21-9-12-37-13-10-21)22-4-7-24(19(2)14-22)29(36)32-23-5-6-23/h4,7,9,14,16,18,20,23H,3,5-6,8,10-13,15,17H2,1-2H3,(H,30,33)(H,32,36). The fourth-order valence-corrected chi connectivity index (χ4v) is 5.41. The smallest absolute Gasteiger partial charge is 0.251 e. The molecule has 8 heteroatoms. The van der Waals surface area contributed by atoms with Gasteiger partial charge in [-0.05, 0) is 74.9 Å². The second-order valence-corrected chi connectivity index (χ2v) is 10.6. The number of likely N-dealkylation sites (tertiary alicyclic amines) is 1. The number of nitrogens with zero attached hydrogens (tertiary/aromatic N) is 4. The first-order valence-corrected chi connectivity index (χ1v) is 13.6. The van der Waals surface area contributed by atoms with Gasteiger partial charge in [0.15, 0.2) is 11.5 Å². The van der Waals surface area contributed by atoms with Crippen LogP contribution in [0.4, 0.5) is 5.82 Å². The van der Waals surface area contributed by atoms with E-state index in [0.29, 0.717) is 25.2 Å². The molecule has 3 aliphatic rings. The summed E-state index contributed by atoms with van der Waals surface area (Å²) in [6.45, 7) is 9.85. The summed E-state index contributed by atoms with van der Waals surface area (Å²) >= 11 is 0. The zero-order valence-corrected chi connectivity index (χ0v) is 21.8. The highest BCUT2D eigenvalue weighted by Gasteiger charge is 2.25. The maximum absolute atomic E-state index is 12.6. The molecule has 1 unspecified atom stereocenters. The van der Waals surface area contributed by atoms with Gasteiger partial charge in [0, 0.05) is 36.5 Å². The lowest BCUT2D eigenvalue weighted by Crippen LogP contribution is -2.26. The number of aromatic nitrogens is 3. The van der Waals surface area contributed by atoms with E-state index >= 15 is 0 Å². The number of carbonyl (C=O) groups is 1. The summed E-state index contributed by atoms with van der Waals surface area (Å²) < 4.78 is 7.69. The summed E-state index contributed by atoms with van der Waals surface area (Å²) in [4.78, 5) is 25.0. The monoisotopic (exact) mass is 500 g/mol. The number of fused-ring (bicyclic) bond motifs is 1. The Morgan fingerprint density at radius 2 is 2.14 bits per heavy atom. The van der Waals surface area contributed by atoms with Crippen LogP contribution in [-0.4, -0.2) is 70.6 Å². The normalized spacial score (nSPS) is 20.3. The van der Waals surface area contributed by atoms with Gasteiger partial charge >= 0.3 is 0 Å². The molecule has 194 valence electrons. The minimum absolute atomic E-state index is 0.0164. The van der Waals surface area contributed by atoms with Gasteiger partial charge in [-0.15, -0.1) is 0 Å². The molecule has 2 N–H and O–H groups in total. The SMILES string of the molecule is CCN1CCC(CNc2nc(C3=CCOCC3)cn3c(-c4ccc(C(=O)NC5CC5)c(C)c4)cnc23)C1. The lowest BCUT2D eigenvalue weighted by atomic mass is 10.0. The van der Waals surface area contributed by atoms with E-state index < -0.39 is 0 Å². The van der Waals surface area contributed by atoms with Gasteiger partial charge in [0.1, 0.15) is 0 Å². The summed E-state index contributed by atoms with van der Waals surface area (Å²) in [5.41, 5.74) is 6.71. The van der Waals surface area contributed by atoms with Crippen molar-refractivity contribution in [2.75, 3.05) is 44.7 Å². The number of hydrogen-bond donors (Lipinski definition) is 2. The van der Waals surface area contributed by atoms with E-state index in [-0.39, 0.29) is 5.91 Å². The number of nitrogens with one attached hydrogen (secondary N) is 2. The molecule has 0 spiro atoms. The summed E-state index contributed by atoms with van der Waals surface area (Å²) in [6.07, 6.45) is 10.4. The Hall–Kier alpha value is -3.23. The third-order valence-corrected chi connectivity index (χ3v) is 7.84. The largest absolute Gasteiger partial charge is 0.377 e. The highest BCUT2D eigenvalue weighted by Crippen LogP contribution is 2.30. The maximum Gasteiger partial charge on any atom is 0.251 e. The van der Waals surface area contributed by atoms with Gasteiger partial charge in [-0.1, -0.05) is 19.1 Å². The molecular weight excluding hydrogens is 464 g/mol. The van der Waals surface area contributed by atoms with Crippen molar-refractivity contribution in [1.29, 1.82) is 0 Å². The Kier molecular flexibility index (Phi) is 6.69. The third kappa shape index (κ3) is 5.13. The van der Waals surface area contributed by atoms with Crippen LogP contribution < -0.4 is 10.6 Å². The van der Waals surface area contributed by atoms with Crippen molar-refractivity contribution < 1.29 is 9.53 Å². The van der Waals surface area contributed by atoms with Gasteiger partial charge in [-0.2, -0.15) is 0 Å². The van der Waals surface area contributed by atoms with Crippen LogP contribution in [0.1, 0.15) is 54.2 Å². The van der Waals surface area contributed by atoms with Gasteiger partial charge in [0.05, 0.1) is 30.8 Å². The van der Waals surface area contributed by atoms with Crippen molar-refractivity contribution in [3.8, 4) is 11.3 Å². The Balaban J connectivity index is 1.34. The average molecular weight is 501 g/mol. The van der Waals surface area contributed by atoms with Crippen molar-refractivity contribution in [3.63, 3.8) is 0 Å². The molecule has 2 aromatic heterocycles. The van der Waals surface area contributed by atoms with Gasteiger partial charge in [-0.3, -0.25) is 9.20 Å². The van der Waals surface area contributed by atoms with E-state index in [9.17, 15) is 4.79 Å². The fraction of sp³-hybridized carbons (Fsp3) is 0.483. The average Bonchev–Trinajstić information content (AvgIpc) is 3.44. The zero-order chi connectivity index (χ0) is 25.4. The number of amides is 1. The number of anilines is 1. The minimum Gasteiger partial charge on any atom is -0.377 e. The van der Waals surface area contributed by atoms with Crippen LogP contribution in [0.2, 0.25) is 0 Å². The molecular formula is C29H36N6O2. The number of aryl methyl sites for hydroxylation is 1. The summed E-state index contributed by atoms with van der Waals surface area (Å²) in [7, 11) is 0. The summed E-state index contributed by atoms with van der Waals surface area (Å²) in [5.74, 6) is 1.45. The van der Waals surface area contributed by atoms with Crippen LogP contribution in [0.15, 0.2) is 36.7 Å². The number of hydrogen-bond acceptors (Lipinski definition) is 6. The van der Waals surface area contributed by atoms with Crippen LogP contribution in [0, 0.1) is 12.8 Å². The van der Waals surface area contributed by atoms with Gasteiger partial charge in [0.2, 0.25) is 0 Å². The second-order valence-electron chi connectivity index (χ2n) is 10.6. The van der Waals surface area contributed by atoms with Crippen LogP contribution in [0.5, 0.6) is 0 Å². The number of ether oxygens (including phenoxy) is 1. The molecule has 0 bridgehead atoms.